The van der Waals surface area contributed by atoms with Gasteiger partial charge in [-0.05, 0) is 30.5 Å². The van der Waals surface area contributed by atoms with Gasteiger partial charge in [-0.1, -0.05) is 13.3 Å². The summed E-state index contributed by atoms with van der Waals surface area (Å²) in [6.45, 7) is 3.62. The third-order valence-corrected chi connectivity index (χ3v) is 2.35. The predicted octanol–water partition coefficient (Wildman–Crippen LogP) is 3.07. The van der Waals surface area contributed by atoms with E-state index in [1.54, 1.807) is 6.92 Å². The highest BCUT2D eigenvalue weighted by molar-refractivity contribution is 5.30. The van der Waals surface area contributed by atoms with Crippen LogP contribution in [0.15, 0.2) is 12.1 Å². The van der Waals surface area contributed by atoms with E-state index in [1.165, 1.54) is 6.07 Å². The minimum absolute atomic E-state index is 0.273. The maximum atomic E-state index is 13.1. The number of hydrogen-bond donors (Lipinski definition) is 1. The van der Waals surface area contributed by atoms with Crippen LogP contribution >= 0.6 is 0 Å². The van der Waals surface area contributed by atoms with Gasteiger partial charge in [0.25, 0.3) is 0 Å². The molecule has 0 bridgehead atoms. The quantitative estimate of drug-likeness (QED) is 0.795. The summed E-state index contributed by atoms with van der Waals surface area (Å²) in [5.41, 5.74) is 6.84. The second-order valence-electron chi connectivity index (χ2n) is 3.50. The van der Waals surface area contributed by atoms with Crippen LogP contribution in [0.3, 0.4) is 0 Å². The van der Waals surface area contributed by atoms with E-state index in [0.717, 1.165) is 18.9 Å². The molecule has 0 spiro atoms. The zero-order chi connectivity index (χ0) is 10.7. The monoisotopic (exact) mass is 199 g/mol. The molecule has 0 amide bonds. The van der Waals surface area contributed by atoms with E-state index < -0.39 is 11.6 Å². The Morgan fingerprint density at radius 3 is 2.57 bits per heavy atom. The lowest BCUT2D eigenvalue weighted by atomic mass is 9.98. The Hall–Kier alpha value is -0.960. The van der Waals surface area contributed by atoms with Crippen LogP contribution in [-0.2, 0) is 0 Å². The van der Waals surface area contributed by atoms with Crippen molar-refractivity contribution in [3.05, 3.63) is 34.9 Å². The molecule has 2 N–H and O–H groups in total. The largest absolute Gasteiger partial charge is 0.324 e. The van der Waals surface area contributed by atoms with Crippen molar-refractivity contribution in [1.29, 1.82) is 0 Å². The summed E-state index contributed by atoms with van der Waals surface area (Å²) in [5, 5.41) is 0. The summed E-state index contributed by atoms with van der Waals surface area (Å²) in [6, 6.07) is 1.93. The molecule has 0 aromatic heterocycles. The van der Waals surface area contributed by atoms with Crippen molar-refractivity contribution >= 4 is 0 Å². The molecule has 0 fully saturated rings. The van der Waals surface area contributed by atoms with Gasteiger partial charge >= 0.3 is 0 Å². The second kappa shape index (κ2) is 4.51. The first kappa shape index (κ1) is 11.1. The Balaban J connectivity index is 3.07. The molecule has 0 radical (unpaired) electrons. The number of rotatable bonds is 3. The van der Waals surface area contributed by atoms with Crippen molar-refractivity contribution in [2.75, 3.05) is 0 Å². The Labute approximate surface area is 82.9 Å². The van der Waals surface area contributed by atoms with E-state index in [2.05, 4.69) is 0 Å². The maximum absolute atomic E-state index is 13.1. The molecule has 0 saturated heterocycles. The Morgan fingerprint density at radius 2 is 2.00 bits per heavy atom. The SMILES string of the molecule is CCC[C@H](N)c1cc(F)cc(F)c1C. The van der Waals surface area contributed by atoms with Gasteiger partial charge in [0.2, 0.25) is 0 Å². The van der Waals surface area contributed by atoms with E-state index in [-0.39, 0.29) is 6.04 Å². The van der Waals surface area contributed by atoms with Gasteiger partial charge in [0.15, 0.2) is 0 Å². The number of benzene rings is 1. The standard InChI is InChI=1S/C11H15F2N/c1-3-4-11(14)9-5-8(12)6-10(13)7(9)2/h5-6,11H,3-4,14H2,1-2H3/t11-/m0/s1. The van der Waals surface area contributed by atoms with Crippen molar-refractivity contribution in [2.24, 2.45) is 5.73 Å². The molecule has 0 saturated carbocycles. The van der Waals surface area contributed by atoms with Gasteiger partial charge in [-0.25, -0.2) is 8.78 Å². The smallest absolute Gasteiger partial charge is 0.129 e. The van der Waals surface area contributed by atoms with Crippen LogP contribution in [0.25, 0.3) is 0 Å². The molecule has 0 aliphatic carbocycles. The average molecular weight is 199 g/mol. The van der Waals surface area contributed by atoms with Gasteiger partial charge < -0.3 is 5.73 Å². The summed E-state index contributed by atoms with van der Waals surface area (Å²) in [4.78, 5) is 0. The van der Waals surface area contributed by atoms with Gasteiger partial charge in [-0.3, -0.25) is 0 Å². The fraction of sp³-hybridized carbons (Fsp3) is 0.455. The molecule has 1 rings (SSSR count). The lowest BCUT2D eigenvalue weighted by Crippen LogP contribution is -2.12. The molecule has 14 heavy (non-hydrogen) atoms. The molecule has 0 aliphatic heterocycles. The fourth-order valence-corrected chi connectivity index (χ4v) is 1.52. The van der Waals surface area contributed by atoms with Crippen molar-refractivity contribution < 1.29 is 8.78 Å². The van der Waals surface area contributed by atoms with Gasteiger partial charge in [0, 0.05) is 12.1 Å². The van der Waals surface area contributed by atoms with E-state index in [1.807, 2.05) is 6.92 Å². The molecule has 1 aromatic carbocycles. The molecular weight excluding hydrogens is 184 g/mol. The molecule has 0 aliphatic rings. The Morgan fingerprint density at radius 1 is 1.36 bits per heavy atom. The van der Waals surface area contributed by atoms with Crippen LogP contribution in [0, 0.1) is 18.6 Å². The normalized spacial score (nSPS) is 12.9. The molecular formula is C11H15F2N. The van der Waals surface area contributed by atoms with Crippen molar-refractivity contribution in [3.8, 4) is 0 Å². The minimum atomic E-state index is -0.561. The van der Waals surface area contributed by atoms with Crippen LogP contribution in [0.4, 0.5) is 8.78 Å². The number of nitrogens with two attached hydrogens (primary N) is 1. The maximum Gasteiger partial charge on any atom is 0.129 e. The highest BCUT2D eigenvalue weighted by Gasteiger charge is 2.12. The molecule has 1 atom stereocenters. The summed E-state index contributed by atoms with van der Waals surface area (Å²) in [5.74, 6) is -1.08. The van der Waals surface area contributed by atoms with Crippen LogP contribution in [-0.4, -0.2) is 0 Å². The average Bonchev–Trinajstić information content (AvgIpc) is 2.11. The lowest BCUT2D eigenvalue weighted by Gasteiger charge is -2.14. The van der Waals surface area contributed by atoms with Crippen LogP contribution < -0.4 is 5.73 Å². The van der Waals surface area contributed by atoms with E-state index >= 15 is 0 Å². The van der Waals surface area contributed by atoms with Crippen LogP contribution in [0.5, 0.6) is 0 Å². The Kier molecular flexibility index (Phi) is 3.58. The van der Waals surface area contributed by atoms with E-state index in [4.69, 9.17) is 5.73 Å². The molecule has 1 aromatic rings. The van der Waals surface area contributed by atoms with Crippen molar-refractivity contribution in [3.63, 3.8) is 0 Å². The zero-order valence-corrected chi connectivity index (χ0v) is 8.48. The first-order valence-corrected chi connectivity index (χ1v) is 4.77. The third-order valence-electron chi connectivity index (χ3n) is 2.35. The topological polar surface area (TPSA) is 26.0 Å². The fourth-order valence-electron chi connectivity index (χ4n) is 1.52. The summed E-state index contributed by atoms with van der Waals surface area (Å²) < 4.78 is 26.1. The van der Waals surface area contributed by atoms with Crippen molar-refractivity contribution in [2.45, 2.75) is 32.7 Å². The predicted molar refractivity (Wildman–Crippen MR) is 52.9 cm³/mol. The van der Waals surface area contributed by atoms with Gasteiger partial charge in [-0.15, -0.1) is 0 Å². The van der Waals surface area contributed by atoms with Crippen molar-refractivity contribution in [1.82, 2.24) is 0 Å². The first-order chi connectivity index (χ1) is 6.56. The molecule has 0 heterocycles. The molecule has 0 unspecified atom stereocenters. The summed E-state index contributed by atoms with van der Waals surface area (Å²) >= 11 is 0. The number of hydrogen-bond acceptors (Lipinski definition) is 1. The Bertz CT molecular complexity index is 323. The van der Waals surface area contributed by atoms with Gasteiger partial charge in [0.05, 0.1) is 0 Å². The van der Waals surface area contributed by atoms with Gasteiger partial charge in [0.1, 0.15) is 11.6 Å². The first-order valence-electron chi connectivity index (χ1n) is 4.77. The minimum Gasteiger partial charge on any atom is -0.324 e. The molecule has 3 heteroatoms. The number of halogens is 2. The third kappa shape index (κ3) is 2.29. The van der Waals surface area contributed by atoms with Crippen LogP contribution in [0.2, 0.25) is 0 Å². The molecule has 1 nitrogen and oxygen atoms in total. The van der Waals surface area contributed by atoms with Gasteiger partial charge in [-0.2, -0.15) is 0 Å². The summed E-state index contributed by atoms with van der Waals surface area (Å²) in [6.07, 6.45) is 1.64. The van der Waals surface area contributed by atoms with E-state index in [9.17, 15) is 8.78 Å². The zero-order valence-electron chi connectivity index (χ0n) is 8.48. The summed E-state index contributed by atoms with van der Waals surface area (Å²) in [7, 11) is 0. The lowest BCUT2D eigenvalue weighted by molar-refractivity contribution is 0.558. The van der Waals surface area contributed by atoms with E-state index in [0.29, 0.717) is 11.1 Å². The highest BCUT2D eigenvalue weighted by Crippen LogP contribution is 2.23. The van der Waals surface area contributed by atoms with Crippen LogP contribution in [0.1, 0.15) is 36.9 Å². The highest BCUT2D eigenvalue weighted by atomic mass is 19.1. The molecule has 78 valence electrons. The second-order valence-corrected chi connectivity index (χ2v) is 3.50.